The van der Waals surface area contributed by atoms with Gasteiger partial charge in [-0.05, 0) is 36.4 Å². The quantitative estimate of drug-likeness (QED) is 0.523. The summed E-state index contributed by atoms with van der Waals surface area (Å²) in [7, 11) is 0. The van der Waals surface area contributed by atoms with E-state index in [1.54, 1.807) is 0 Å². The SMILES string of the molecule is O=C(Nc1ccc(OC(F)F)cc1)c1ccc(-n2cncn2)c([N+](=O)[O-])c1. The van der Waals surface area contributed by atoms with Crippen LogP contribution in [0, 0.1) is 10.1 Å². The van der Waals surface area contributed by atoms with Gasteiger partial charge in [-0.25, -0.2) is 9.67 Å². The summed E-state index contributed by atoms with van der Waals surface area (Å²) in [6, 6.07) is 9.15. The Morgan fingerprint density at radius 2 is 1.96 bits per heavy atom. The van der Waals surface area contributed by atoms with Gasteiger partial charge in [0.25, 0.3) is 11.6 Å². The van der Waals surface area contributed by atoms with E-state index in [-0.39, 0.29) is 22.7 Å². The van der Waals surface area contributed by atoms with Crippen LogP contribution in [0.1, 0.15) is 10.4 Å². The van der Waals surface area contributed by atoms with E-state index in [2.05, 4.69) is 20.1 Å². The first-order valence-corrected chi connectivity index (χ1v) is 7.43. The zero-order chi connectivity index (χ0) is 19.4. The lowest BCUT2D eigenvalue weighted by atomic mass is 10.1. The number of ether oxygens (including phenoxy) is 1. The lowest BCUT2D eigenvalue weighted by molar-refractivity contribution is -0.384. The molecular formula is C16H11F2N5O4. The molecule has 2 aromatic carbocycles. The van der Waals surface area contributed by atoms with Crippen molar-refractivity contribution in [3.8, 4) is 11.4 Å². The highest BCUT2D eigenvalue weighted by molar-refractivity contribution is 6.04. The Morgan fingerprint density at radius 1 is 1.22 bits per heavy atom. The van der Waals surface area contributed by atoms with Gasteiger partial charge in [0.15, 0.2) is 0 Å². The number of nitro groups is 1. The summed E-state index contributed by atoms with van der Waals surface area (Å²) in [6.45, 7) is -2.95. The first-order valence-electron chi connectivity index (χ1n) is 7.43. The van der Waals surface area contributed by atoms with Crippen LogP contribution >= 0.6 is 0 Å². The molecule has 0 aliphatic heterocycles. The predicted molar refractivity (Wildman–Crippen MR) is 89.0 cm³/mol. The van der Waals surface area contributed by atoms with Crippen LogP contribution in [0.2, 0.25) is 0 Å². The summed E-state index contributed by atoms with van der Waals surface area (Å²) in [5, 5.41) is 17.7. The molecule has 0 aliphatic carbocycles. The van der Waals surface area contributed by atoms with Crippen LogP contribution in [-0.4, -0.2) is 32.2 Å². The van der Waals surface area contributed by atoms with Crippen molar-refractivity contribution in [3.05, 3.63) is 70.8 Å². The highest BCUT2D eigenvalue weighted by Crippen LogP contribution is 2.24. The molecule has 0 aliphatic rings. The van der Waals surface area contributed by atoms with Gasteiger partial charge in [-0.3, -0.25) is 14.9 Å². The molecule has 1 N–H and O–H groups in total. The van der Waals surface area contributed by atoms with Crippen molar-refractivity contribution in [2.24, 2.45) is 0 Å². The van der Waals surface area contributed by atoms with Crippen molar-refractivity contribution < 1.29 is 23.2 Å². The fourth-order valence-electron chi connectivity index (χ4n) is 2.26. The second-order valence-electron chi connectivity index (χ2n) is 5.16. The van der Waals surface area contributed by atoms with Crippen molar-refractivity contribution in [3.63, 3.8) is 0 Å². The molecule has 1 amide bonds. The second-order valence-corrected chi connectivity index (χ2v) is 5.16. The number of hydrogen-bond donors (Lipinski definition) is 1. The Morgan fingerprint density at radius 3 is 2.56 bits per heavy atom. The van der Waals surface area contributed by atoms with Gasteiger partial charge in [0.2, 0.25) is 0 Å². The zero-order valence-electron chi connectivity index (χ0n) is 13.5. The Kier molecular flexibility index (Phi) is 5.01. The number of nitro benzene ring substituents is 1. The molecule has 0 atom stereocenters. The summed E-state index contributed by atoms with van der Waals surface area (Å²) in [5.41, 5.74) is 0.180. The van der Waals surface area contributed by atoms with Crippen LogP contribution in [0.5, 0.6) is 5.75 Å². The third-order valence-corrected chi connectivity index (χ3v) is 3.44. The monoisotopic (exact) mass is 375 g/mol. The number of alkyl halides is 2. The van der Waals surface area contributed by atoms with Crippen LogP contribution in [0.4, 0.5) is 20.2 Å². The number of nitrogens with zero attached hydrogens (tertiary/aromatic N) is 4. The molecule has 11 heteroatoms. The van der Waals surface area contributed by atoms with Crippen molar-refractivity contribution in [2.45, 2.75) is 6.61 Å². The number of rotatable bonds is 6. The molecule has 0 bridgehead atoms. The minimum absolute atomic E-state index is 0.0403. The van der Waals surface area contributed by atoms with Gasteiger partial charge in [-0.2, -0.15) is 13.9 Å². The fourth-order valence-corrected chi connectivity index (χ4v) is 2.26. The van der Waals surface area contributed by atoms with Gasteiger partial charge in [0.1, 0.15) is 24.1 Å². The van der Waals surface area contributed by atoms with E-state index < -0.39 is 17.4 Å². The Balaban J connectivity index is 1.80. The van der Waals surface area contributed by atoms with Gasteiger partial charge >= 0.3 is 6.61 Å². The van der Waals surface area contributed by atoms with Crippen LogP contribution in [0.25, 0.3) is 5.69 Å². The maximum atomic E-state index is 12.3. The largest absolute Gasteiger partial charge is 0.435 e. The number of benzene rings is 2. The highest BCUT2D eigenvalue weighted by atomic mass is 19.3. The van der Waals surface area contributed by atoms with E-state index in [0.717, 1.165) is 6.07 Å². The van der Waals surface area contributed by atoms with Crippen LogP contribution in [0.15, 0.2) is 55.1 Å². The van der Waals surface area contributed by atoms with Crippen molar-refractivity contribution >= 4 is 17.3 Å². The third-order valence-electron chi connectivity index (χ3n) is 3.44. The average molecular weight is 375 g/mol. The van der Waals surface area contributed by atoms with E-state index in [9.17, 15) is 23.7 Å². The number of nitrogens with one attached hydrogen (secondary N) is 1. The number of aromatic nitrogens is 3. The minimum Gasteiger partial charge on any atom is -0.435 e. The van der Waals surface area contributed by atoms with Crippen LogP contribution < -0.4 is 10.1 Å². The van der Waals surface area contributed by atoms with Crippen LogP contribution in [-0.2, 0) is 0 Å². The molecule has 0 saturated heterocycles. The Hall–Kier alpha value is -3.89. The summed E-state index contributed by atoms with van der Waals surface area (Å²) in [5.74, 6) is -0.665. The maximum absolute atomic E-state index is 12.3. The molecule has 3 rings (SSSR count). The Labute approximate surface area is 150 Å². The molecule has 27 heavy (non-hydrogen) atoms. The van der Waals surface area contributed by atoms with Crippen molar-refractivity contribution in [1.29, 1.82) is 0 Å². The number of hydrogen-bond acceptors (Lipinski definition) is 6. The average Bonchev–Trinajstić information content (AvgIpc) is 3.17. The fraction of sp³-hybridized carbons (Fsp3) is 0.0625. The molecule has 0 spiro atoms. The number of halogens is 2. The van der Waals surface area contributed by atoms with E-state index in [1.165, 1.54) is 53.7 Å². The lowest BCUT2D eigenvalue weighted by Crippen LogP contribution is -2.13. The second kappa shape index (κ2) is 7.56. The highest BCUT2D eigenvalue weighted by Gasteiger charge is 2.19. The molecule has 9 nitrogen and oxygen atoms in total. The van der Waals surface area contributed by atoms with Crippen molar-refractivity contribution in [2.75, 3.05) is 5.32 Å². The third kappa shape index (κ3) is 4.21. The molecule has 1 aromatic heterocycles. The molecule has 0 fully saturated rings. The molecule has 1 heterocycles. The first kappa shape index (κ1) is 17.9. The molecular weight excluding hydrogens is 364 g/mol. The number of carbonyl (C=O) groups excluding carboxylic acids is 1. The smallest absolute Gasteiger partial charge is 0.387 e. The van der Waals surface area contributed by atoms with Gasteiger partial charge < -0.3 is 10.1 Å². The number of carbonyl (C=O) groups is 1. The predicted octanol–water partition coefficient (Wildman–Crippen LogP) is 3.03. The van der Waals surface area contributed by atoms with Crippen LogP contribution in [0.3, 0.4) is 0 Å². The normalized spacial score (nSPS) is 10.6. The van der Waals surface area contributed by atoms with E-state index >= 15 is 0 Å². The lowest BCUT2D eigenvalue weighted by Gasteiger charge is -2.08. The summed E-state index contributed by atoms with van der Waals surface area (Å²) in [6.07, 6.45) is 2.52. The zero-order valence-corrected chi connectivity index (χ0v) is 13.5. The summed E-state index contributed by atoms with van der Waals surface area (Å²) >= 11 is 0. The van der Waals surface area contributed by atoms with Gasteiger partial charge in [0.05, 0.1) is 4.92 Å². The number of amides is 1. The van der Waals surface area contributed by atoms with Gasteiger partial charge in [-0.1, -0.05) is 0 Å². The Bertz CT molecular complexity index is 961. The molecule has 138 valence electrons. The topological polar surface area (TPSA) is 112 Å². The summed E-state index contributed by atoms with van der Waals surface area (Å²) in [4.78, 5) is 26.7. The first-order chi connectivity index (χ1) is 12.9. The standard InChI is InChI=1S/C16H11F2N5O4/c17-16(18)27-12-4-2-11(3-5-12)21-15(24)10-1-6-13(14(7-10)23(25)26)22-9-19-8-20-22/h1-9,16H,(H,21,24). The van der Waals surface area contributed by atoms with Gasteiger partial charge in [0, 0.05) is 17.3 Å². The van der Waals surface area contributed by atoms with E-state index in [4.69, 9.17) is 0 Å². The van der Waals surface area contributed by atoms with E-state index in [1.807, 2.05) is 0 Å². The molecule has 0 radical (unpaired) electrons. The molecule has 3 aromatic rings. The minimum atomic E-state index is -2.95. The number of anilines is 1. The van der Waals surface area contributed by atoms with Crippen molar-refractivity contribution in [1.82, 2.24) is 14.8 Å². The van der Waals surface area contributed by atoms with E-state index in [0.29, 0.717) is 5.69 Å². The van der Waals surface area contributed by atoms with Gasteiger partial charge in [-0.15, -0.1) is 0 Å². The molecule has 0 saturated carbocycles. The maximum Gasteiger partial charge on any atom is 0.387 e. The summed E-state index contributed by atoms with van der Waals surface area (Å²) < 4.78 is 29.7. The molecule has 0 unspecified atom stereocenters.